The summed E-state index contributed by atoms with van der Waals surface area (Å²) in [6, 6.07) is 14.1. The van der Waals surface area contributed by atoms with Crippen molar-refractivity contribution in [1.82, 2.24) is 9.80 Å². The van der Waals surface area contributed by atoms with Crippen molar-refractivity contribution >= 4 is 17.3 Å². The van der Waals surface area contributed by atoms with E-state index in [0.717, 1.165) is 76.2 Å². The van der Waals surface area contributed by atoms with Gasteiger partial charge in [-0.1, -0.05) is 6.07 Å². The van der Waals surface area contributed by atoms with Crippen LogP contribution in [0.1, 0.15) is 12.5 Å². The zero-order valence-corrected chi connectivity index (χ0v) is 19.2. The number of hydrogen-bond acceptors (Lipinski definition) is 7. The molecule has 0 aliphatic carbocycles. The van der Waals surface area contributed by atoms with Gasteiger partial charge in [-0.3, -0.25) is 14.6 Å². The summed E-state index contributed by atoms with van der Waals surface area (Å²) < 4.78 is 16.3. The first-order valence-electron chi connectivity index (χ1n) is 11.7. The summed E-state index contributed by atoms with van der Waals surface area (Å²) in [5.74, 6) is 1.69. The lowest BCUT2D eigenvalue weighted by molar-refractivity contribution is -0.121. The fourth-order valence-corrected chi connectivity index (χ4v) is 4.60. The summed E-state index contributed by atoms with van der Waals surface area (Å²) >= 11 is 0. The summed E-state index contributed by atoms with van der Waals surface area (Å²) in [7, 11) is 0. The van der Waals surface area contributed by atoms with Crippen LogP contribution >= 0.6 is 0 Å². The van der Waals surface area contributed by atoms with E-state index in [0.29, 0.717) is 6.79 Å². The van der Waals surface area contributed by atoms with Gasteiger partial charge in [0.1, 0.15) is 0 Å². The Morgan fingerprint density at radius 3 is 2.42 bits per heavy atom. The van der Waals surface area contributed by atoms with Gasteiger partial charge in [0, 0.05) is 57.2 Å². The highest BCUT2D eigenvalue weighted by atomic mass is 16.7. The van der Waals surface area contributed by atoms with Crippen LogP contribution in [0.3, 0.4) is 0 Å². The standard InChI is InChI=1S/C25H32N4O4/c1-19(25(30)26-21-3-5-22(6-4-21)29-12-14-31-15-13-29)28-10-8-27(9-11-28)17-20-2-7-23-24(16-20)33-18-32-23/h2-7,16,19H,8-15,17-18H2,1H3,(H,26,30). The summed E-state index contributed by atoms with van der Waals surface area (Å²) in [5, 5.41) is 3.08. The predicted octanol–water partition coefficient (Wildman–Crippen LogP) is 2.40. The number of nitrogens with one attached hydrogen (secondary N) is 1. The molecule has 8 nitrogen and oxygen atoms in total. The SMILES string of the molecule is CC(C(=O)Nc1ccc(N2CCOCC2)cc1)N1CCN(Cc2ccc3c(c2)OCO3)CC1. The van der Waals surface area contributed by atoms with Crippen molar-refractivity contribution in [3.05, 3.63) is 48.0 Å². The quantitative estimate of drug-likeness (QED) is 0.722. The summed E-state index contributed by atoms with van der Waals surface area (Å²) in [6.45, 7) is 10.1. The van der Waals surface area contributed by atoms with Crippen LogP contribution < -0.4 is 19.7 Å². The number of hydrogen-bond donors (Lipinski definition) is 1. The van der Waals surface area contributed by atoms with E-state index in [-0.39, 0.29) is 11.9 Å². The van der Waals surface area contributed by atoms with Crippen LogP contribution in [0, 0.1) is 0 Å². The Hall–Kier alpha value is -2.81. The number of amides is 1. The van der Waals surface area contributed by atoms with Crippen molar-refractivity contribution in [1.29, 1.82) is 0 Å². The zero-order valence-electron chi connectivity index (χ0n) is 19.2. The molecular weight excluding hydrogens is 420 g/mol. The highest BCUT2D eigenvalue weighted by Crippen LogP contribution is 2.33. The van der Waals surface area contributed by atoms with Crippen molar-refractivity contribution in [2.75, 3.05) is 69.5 Å². The van der Waals surface area contributed by atoms with E-state index in [1.54, 1.807) is 0 Å². The van der Waals surface area contributed by atoms with Crippen LogP contribution in [0.25, 0.3) is 0 Å². The van der Waals surface area contributed by atoms with Crippen LogP contribution in [-0.4, -0.2) is 81.0 Å². The number of piperazine rings is 1. The molecule has 2 fully saturated rings. The second-order valence-electron chi connectivity index (χ2n) is 8.81. The van der Waals surface area contributed by atoms with Gasteiger partial charge < -0.3 is 24.4 Å². The van der Waals surface area contributed by atoms with Gasteiger partial charge in [-0.25, -0.2) is 0 Å². The minimum absolute atomic E-state index is 0.0401. The lowest BCUT2D eigenvalue weighted by Gasteiger charge is -2.37. The van der Waals surface area contributed by atoms with E-state index in [1.807, 2.05) is 25.1 Å². The highest BCUT2D eigenvalue weighted by Gasteiger charge is 2.26. The molecule has 0 spiro atoms. The minimum atomic E-state index is -0.170. The largest absolute Gasteiger partial charge is 0.454 e. The van der Waals surface area contributed by atoms with Crippen molar-refractivity contribution in [3.8, 4) is 11.5 Å². The van der Waals surface area contributed by atoms with E-state index in [4.69, 9.17) is 14.2 Å². The maximum Gasteiger partial charge on any atom is 0.241 e. The van der Waals surface area contributed by atoms with Crippen molar-refractivity contribution in [2.24, 2.45) is 0 Å². The van der Waals surface area contributed by atoms with Gasteiger partial charge in [-0.2, -0.15) is 0 Å². The van der Waals surface area contributed by atoms with Crippen LogP contribution in [0.2, 0.25) is 0 Å². The highest BCUT2D eigenvalue weighted by molar-refractivity contribution is 5.94. The molecule has 1 atom stereocenters. The Bertz CT molecular complexity index is 953. The predicted molar refractivity (Wildman–Crippen MR) is 127 cm³/mol. The molecule has 1 amide bonds. The lowest BCUT2D eigenvalue weighted by Crippen LogP contribution is -2.52. The number of benzene rings is 2. The summed E-state index contributed by atoms with van der Waals surface area (Å²) in [6.07, 6.45) is 0. The Labute approximate surface area is 195 Å². The first-order chi connectivity index (χ1) is 16.2. The van der Waals surface area contributed by atoms with Gasteiger partial charge in [0.2, 0.25) is 12.7 Å². The first kappa shape index (κ1) is 22.0. The molecule has 3 aliphatic heterocycles. The molecule has 0 bridgehead atoms. The van der Waals surface area contributed by atoms with E-state index in [1.165, 1.54) is 11.3 Å². The van der Waals surface area contributed by atoms with Crippen LogP contribution in [0.5, 0.6) is 11.5 Å². The average molecular weight is 453 g/mol. The number of anilines is 2. The fourth-order valence-electron chi connectivity index (χ4n) is 4.60. The lowest BCUT2D eigenvalue weighted by atomic mass is 10.1. The Morgan fingerprint density at radius 2 is 1.67 bits per heavy atom. The fraction of sp³-hybridized carbons (Fsp3) is 0.480. The molecular formula is C25H32N4O4. The van der Waals surface area contributed by atoms with Crippen LogP contribution in [-0.2, 0) is 16.1 Å². The van der Waals surface area contributed by atoms with Crippen LogP contribution in [0.4, 0.5) is 11.4 Å². The molecule has 2 aromatic carbocycles. The van der Waals surface area contributed by atoms with Gasteiger partial charge in [0.15, 0.2) is 11.5 Å². The molecule has 3 aliphatic rings. The summed E-state index contributed by atoms with van der Waals surface area (Å²) in [5.41, 5.74) is 3.23. The molecule has 1 N–H and O–H groups in total. The molecule has 0 aromatic heterocycles. The van der Waals surface area contributed by atoms with Gasteiger partial charge in [0.05, 0.1) is 19.3 Å². The Kier molecular flexibility index (Phi) is 6.66. The smallest absolute Gasteiger partial charge is 0.241 e. The maximum absolute atomic E-state index is 12.9. The third kappa shape index (κ3) is 5.24. The molecule has 2 saturated heterocycles. The summed E-state index contributed by atoms with van der Waals surface area (Å²) in [4.78, 5) is 19.8. The number of nitrogens with zero attached hydrogens (tertiary/aromatic N) is 3. The van der Waals surface area contributed by atoms with Crippen molar-refractivity contribution < 1.29 is 19.0 Å². The Balaban J connectivity index is 1.09. The van der Waals surface area contributed by atoms with E-state index in [2.05, 4.69) is 44.3 Å². The number of fused-ring (bicyclic) bond motifs is 1. The maximum atomic E-state index is 12.9. The third-order valence-corrected chi connectivity index (χ3v) is 6.69. The minimum Gasteiger partial charge on any atom is -0.454 e. The van der Waals surface area contributed by atoms with Crippen LogP contribution in [0.15, 0.2) is 42.5 Å². The number of carbonyl (C=O) groups excluding carboxylic acids is 1. The van der Waals surface area contributed by atoms with Gasteiger partial charge in [-0.05, 0) is 48.9 Å². The van der Waals surface area contributed by atoms with E-state index >= 15 is 0 Å². The molecule has 5 rings (SSSR count). The van der Waals surface area contributed by atoms with Gasteiger partial charge in [0.25, 0.3) is 0 Å². The molecule has 2 aromatic rings. The average Bonchev–Trinajstić information content (AvgIpc) is 3.33. The Morgan fingerprint density at radius 1 is 0.939 bits per heavy atom. The van der Waals surface area contributed by atoms with E-state index < -0.39 is 0 Å². The molecule has 8 heteroatoms. The second kappa shape index (κ2) is 9.99. The van der Waals surface area contributed by atoms with Gasteiger partial charge in [-0.15, -0.1) is 0 Å². The zero-order chi connectivity index (χ0) is 22.6. The normalized spacial score (nSPS) is 20.0. The second-order valence-corrected chi connectivity index (χ2v) is 8.81. The van der Waals surface area contributed by atoms with Gasteiger partial charge >= 0.3 is 0 Å². The van der Waals surface area contributed by atoms with E-state index in [9.17, 15) is 4.79 Å². The number of morpholine rings is 1. The molecule has 0 radical (unpaired) electrons. The first-order valence-corrected chi connectivity index (χ1v) is 11.7. The molecule has 3 heterocycles. The molecule has 0 saturated carbocycles. The molecule has 1 unspecified atom stereocenters. The molecule has 176 valence electrons. The third-order valence-electron chi connectivity index (χ3n) is 6.69. The monoisotopic (exact) mass is 452 g/mol. The number of ether oxygens (including phenoxy) is 3. The van der Waals surface area contributed by atoms with Crippen molar-refractivity contribution in [2.45, 2.75) is 19.5 Å². The molecule has 33 heavy (non-hydrogen) atoms. The van der Waals surface area contributed by atoms with Crippen molar-refractivity contribution in [3.63, 3.8) is 0 Å². The number of rotatable bonds is 6. The topological polar surface area (TPSA) is 66.5 Å². The number of carbonyl (C=O) groups is 1.